The summed E-state index contributed by atoms with van der Waals surface area (Å²) < 4.78 is 11.3. The highest BCUT2D eigenvalue weighted by molar-refractivity contribution is 5.94. The Morgan fingerprint density at radius 2 is 1.69 bits per heavy atom. The molecule has 1 saturated heterocycles. The number of para-hydroxylation sites is 1. The van der Waals surface area contributed by atoms with Crippen LogP contribution >= 0.6 is 0 Å². The number of aliphatic carboxylic acids is 1. The van der Waals surface area contributed by atoms with Crippen LogP contribution in [0.15, 0.2) is 72.8 Å². The van der Waals surface area contributed by atoms with Crippen molar-refractivity contribution in [3.63, 3.8) is 0 Å². The summed E-state index contributed by atoms with van der Waals surface area (Å²) >= 11 is 0. The van der Waals surface area contributed by atoms with Gasteiger partial charge in [0.05, 0.1) is 19.6 Å². The van der Waals surface area contributed by atoms with Crippen LogP contribution in [-0.4, -0.2) is 49.2 Å². The standard InChI is InChI=1S/C33H33NO5/c1-21-11-14-23(15-12-21)32-18-17-25(30-24(32)8-6-10-27(30)39-3)33(31(36)37)20-34(19-28(32)33)29(35)16-13-22-7-4-5-9-26(22)38-2/h4-16,25,28H,17-20H2,1-3H3,(H,36,37)/b16-13+/t25-,28-,32-,33-/m0/s1. The largest absolute Gasteiger partial charge is 0.496 e. The Balaban J connectivity index is 1.48. The molecule has 39 heavy (non-hydrogen) atoms. The molecular weight excluding hydrogens is 490 g/mol. The summed E-state index contributed by atoms with van der Waals surface area (Å²) in [4.78, 5) is 28.8. The molecule has 6 nitrogen and oxygen atoms in total. The summed E-state index contributed by atoms with van der Waals surface area (Å²) in [5.41, 5.74) is 3.54. The minimum Gasteiger partial charge on any atom is -0.496 e. The highest BCUT2D eigenvalue weighted by Crippen LogP contribution is 2.70. The number of nitrogens with zero attached hydrogens (tertiary/aromatic N) is 1. The molecule has 0 radical (unpaired) electrons. The molecular formula is C33H33NO5. The second-order valence-electron chi connectivity index (χ2n) is 11.0. The molecule has 1 aliphatic heterocycles. The molecule has 2 bridgehead atoms. The Hall–Kier alpha value is -4.06. The molecule has 0 aromatic heterocycles. The third-order valence-electron chi connectivity index (χ3n) is 9.46. The number of aryl methyl sites for hydroxylation is 1. The molecule has 1 saturated carbocycles. The number of benzene rings is 3. The molecule has 4 atom stereocenters. The highest BCUT2D eigenvalue weighted by atomic mass is 16.5. The molecule has 7 rings (SSSR count). The van der Waals surface area contributed by atoms with E-state index in [9.17, 15) is 14.7 Å². The van der Waals surface area contributed by atoms with Crippen LogP contribution in [0.4, 0.5) is 0 Å². The monoisotopic (exact) mass is 523 g/mol. The quantitative estimate of drug-likeness (QED) is 0.436. The predicted octanol–water partition coefficient (Wildman–Crippen LogP) is 5.43. The number of carbonyl (C=O) groups is 2. The van der Waals surface area contributed by atoms with E-state index >= 15 is 0 Å². The van der Waals surface area contributed by atoms with E-state index in [-0.39, 0.29) is 24.3 Å². The van der Waals surface area contributed by atoms with Gasteiger partial charge in [-0.15, -0.1) is 0 Å². The molecule has 0 unspecified atom stereocenters. The van der Waals surface area contributed by atoms with Crippen LogP contribution in [0.1, 0.15) is 46.6 Å². The number of amides is 1. The average Bonchev–Trinajstić information content (AvgIpc) is 3.40. The maximum Gasteiger partial charge on any atom is 0.312 e. The van der Waals surface area contributed by atoms with Crippen molar-refractivity contribution in [2.24, 2.45) is 11.3 Å². The van der Waals surface area contributed by atoms with Crippen LogP contribution in [0.5, 0.6) is 11.5 Å². The van der Waals surface area contributed by atoms with Crippen molar-refractivity contribution in [1.82, 2.24) is 4.90 Å². The molecule has 0 spiro atoms. The van der Waals surface area contributed by atoms with Gasteiger partial charge in [-0.1, -0.05) is 60.2 Å². The topological polar surface area (TPSA) is 76.1 Å². The van der Waals surface area contributed by atoms with Gasteiger partial charge in [-0.2, -0.15) is 0 Å². The normalized spacial score (nSPS) is 26.8. The first-order valence-electron chi connectivity index (χ1n) is 13.4. The lowest BCUT2D eigenvalue weighted by Crippen LogP contribution is -2.60. The lowest BCUT2D eigenvalue weighted by molar-refractivity contribution is -0.157. The number of carbonyl (C=O) groups excluding carboxylic acids is 1. The van der Waals surface area contributed by atoms with Gasteiger partial charge >= 0.3 is 5.97 Å². The van der Waals surface area contributed by atoms with E-state index in [0.717, 1.165) is 46.4 Å². The number of methoxy groups -OCH3 is 2. The van der Waals surface area contributed by atoms with Crippen molar-refractivity contribution >= 4 is 18.0 Å². The maximum absolute atomic E-state index is 13.6. The smallest absolute Gasteiger partial charge is 0.312 e. The van der Waals surface area contributed by atoms with Crippen LogP contribution < -0.4 is 9.47 Å². The number of hydrogen-bond donors (Lipinski definition) is 1. The molecule has 3 aromatic carbocycles. The second kappa shape index (κ2) is 9.30. The molecule has 3 aliphatic carbocycles. The third-order valence-corrected chi connectivity index (χ3v) is 9.46. The number of carboxylic acid groups (broad SMARTS) is 1. The Kier molecular flexibility index (Phi) is 6.01. The number of rotatable bonds is 6. The van der Waals surface area contributed by atoms with Crippen molar-refractivity contribution in [3.05, 3.63) is 101 Å². The Labute approximate surface area is 228 Å². The molecule has 2 fully saturated rings. The Morgan fingerprint density at radius 1 is 0.974 bits per heavy atom. The lowest BCUT2D eigenvalue weighted by Gasteiger charge is -2.59. The summed E-state index contributed by atoms with van der Waals surface area (Å²) in [6.07, 6.45) is 4.85. The van der Waals surface area contributed by atoms with Crippen LogP contribution in [0.25, 0.3) is 6.08 Å². The van der Waals surface area contributed by atoms with E-state index in [1.807, 2.05) is 36.4 Å². The zero-order chi connectivity index (χ0) is 27.4. The van der Waals surface area contributed by atoms with Crippen molar-refractivity contribution in [1.29, 1.82) is 0 Å². The number of ether oxygens (including phenoxy) is 2. The number of hydrogen-bond acceptors (Lipinski definition) is 4. The van der Waals surface area contributed by atoms with Gasteiger partial charge in [0, 0.05) is 47.5 Å². The predicted molar refractivity (Wildman–Crippen MR) is 149 cm³/mol. The number of likely N-dealkylation sites (tertiary alicyclic amines) is 1. The third kappa shape index (κ3) is 3.54. The number of fused-ring (bicyclic) bond motifs is 1. The fourth-order valence-electron chi connectivity index (χ4n) is 7.78. The summed E-state index contributed by atoms with van der Waals surface area (Å²) in [5.74, 6) is -0.132. The van der Waals surface area contributed by atoms with Crippen LogP contribution in [0.2, 0.25) is 0 Å². The first-order chi connectivity index (χ1) is 18.9. The zero-order valence-electron chi connectivity index (χ0n) is 22.5. The summed E-state index contributed by atoms with van der Waals surface area (Å²) in [6, 6.07) is 22.1. The van der Waals surface area contributed by atoms with E-state index < -0.39 is 16.8 Å². The van der Waals surface area contributed by atoms with Crippen LogP contribution in [-0.2, 0) is 15.0 Å². The fourth-order valence-corrected chi connectivity index (χ4v) is 7.78. The van der Waals surface area contributed by atoms with Crippen molar-refractivity contribution in [2.75, 3.05) is 27.3 Å². The van der Waals surface area contributed by atoms with Gasteiger partial charge in [-0.25, -0.2) is 0 Å². The van der Waals surface area contributed by atoms with Crippen molar-refractivity contribution in [2.45, 2.75) is 31.1 Å². The molecule has 1 amide bonds. The van der Waals surface area contributed by atoms with Gasteiger partial charge in [0.2, 0.25) is 5.91 Å². The minimum absolute atomic E-state index is 0.165. The van der Waals surface area contributed by atoms with Crippen molar-refractivity contribution < 1.29 is 24.2 Å². The van der Waals surface area contributed by atoms with E-state index in [0.29, 0.717) is 12.3 Å². The number of carboxylic acids is 1. The highest BCUT2D eigenvalue weighted by Gasteiger charge is 2.71. The van der Waals surface area contributed by atoms with Crippen molar-refractivity contribution in [3.8, 4) is 11.5 Å². The van der Waals surface area contributed by atoms with Crippen LogP contribution in [0.3, 0.4) is 0 Å². The fraction of sp³-hybridized carbons (Fsp3) is 0.333. The van der Waals surface area contributed by atoms with Gasteiger partial charge in [-0.05, 0) is 49.1 Å². The maximum atomic E-state index is 13.6. The minimum atomic E-state index is -1.11. The van der Waals surface area contributed by atoms with E-state index in [1.165, 1.54) is 0 Å². The van der Waals surface area contributed by atoms with Gasteiger partial charge in [0.15, 0.2) is 0 Å². The SMILES string of the molecule is COc1ccccc1/C=C/C(=O)N1C[C@H]2[C@]3(c4ccc(C)cc4)CC[C@@H](c4c(OC)cccc43)[C@@]2(C(=O)O)C1. The summed E-state index contributed by atoms with van der Waals surface area (Å²) in [5, 5.41) is 11.0. The Morgan fingerprint density at radius 3 is 2.41 bits per heavy atom. The molecule has 3 aromatic rings. The van der Waals surface area contributed by atoms with Crippen LogP contribution in [0, 0.1) is 18.3 Å². The first-order valence-corrected chi connectivity index (χ1v) is 13.4. The summed E-state index contributed by atoms with van der Waals surface area (Å²) in [7, 11) is 3.25. The van der Waals surface area contributed by atoms with Gasteiger partial charge < -0.3 is 19.5 Å². The van der Waals surface area contributed by atoms with E-state index in [4.69, 9.17) is 9.47 Å². The van der Waals surface area contributed by atoms with Gasteiger partial charge in [-0.3, -0.25) is 9.59 Å². The van der Waals surface area contributed by atoms with E-state index in [1.54, 1.807) is 31.3 Å². The molecule has 1 N–H and O–H groups in total. The second-order valence-corrected chi connectivity index (χ2v) is 11.0. The zero-order valence-corrected chi connectivity index (χ0v) is 22.5. The molecule has 1 heterocycles. The molecule has 6 heteroatoms. The molecule has 200 valence electrons. The Bertz CT molecular complexity index is 1480. The van der Waals surface area contributed by atoms with E-state index in [2.05, 4.69) is 37.3 Å². The van der Waals surface area contributed by atoms with Gasteiger partial charge in [0.1, 0.15) is 11.5 Å². The lowest BCUT2D eigenvalue weighted by atomic mass is 9.42. The first kappa shape index (κ1) is 25.2. The summed E-state index contributed by atoms with van der Waals surface area (Å²) in [6.45, 7) is 2.60. The molecule has 4 aliphatic rings. The van der Waals surface area contributed by atoms with Gasteiger partial charge in [0.25, 0.3) is 0 Å². The average molecular weight is 524 g/mol.